The number of anilines is 2. The third kappa shape index (κ3) is 4.01. The Kier molecular flexibility index (Phi) is 5.13. The van der Waals surface area contributed by atoms with E-state index in [2.05, 4.69) is 20.0 Å². The molecule has 1 aliphatic heterocycles. The van der Waals surface area contributed by atoms with Gasteiger partial charge in [-0.05, 0) is 30.3 Å². The molecule has 0 N–H and O–H groups in total. The molecule has 1 aliphatic rings. The Morgan fingerprint density at radius 3 is 2.52 bits per heavy atom. The van der Waals surface area contributed by atoms with E-state index in [1.807, 2.05) is 30.3 Å². The average Bonchev–Trinajstić information content (AvgIpc) is 3.22. The Morgan fingerprint density at radius 1 is 0.968 bits per heavy atom. The molecule has 3 heterocycles. The summed E-state index contributed by atoms with van der Waals surface area (Å²) in [5, 5.41) is 21.4. The summed E-state index contributed by atoms with van der Waals surface area (Å²) < 4.78 is 1.09. The van der Waals surface area contributed by atoms with Crippen LogP contribution in [0.3, 0.4) is 0 Å². The summed E-state index contributed by atoms with van der Waals surface area (Å²) >= 11 is 7.74. The highest BCUT2D eigenvalue weighted by Crippen LogP contribution is 2.31. The smallest absolute Gasteiger partial charge is 0.270 e. The molecule has 0 radical (unpaired) electrons. The number of hydrogen-bond donors (Lipinski definition) is 0. The van der Waals surface area contributed by atoms with Crippen LogP contribution in [0.5, 0.6) is 0 Å². The maximum Gasteiger partial charge on any atom is 0.270 e. The molecule has 8 nitrogen and oxygen atoms in total. The van der Waals surface area contributed by atoms with E-state index in [-0.39, 0.29) is 5.69 Å². The zero-order chi connectivity index (χ0) is 21.4. The summed E-state index contributed by atoms with van der Waals surface area (Å²) in [5.74, 6) is 0.796. The van der Waals surface area contributed by atoms with Crippen molar-refractivity contribution in [3.8, 4) is 11.3 Å². The monoisotopic (exact) mass is 452 g/mol. The molecule has 0 unspecified atom stereocenters. The number of non-ortho nitro benzene ring substituents is 1. The number of halogens is 1. The van der Waals surface area contributed by atoms with E-state index < -0.39 is 4.92 Å². The predicted octanol–water partition coefficient (Wildman–Crippen LogP) is 4.64. The normalized spacial score (nSPS) is 14.2. The van der Waals surface area contributed by atoms with Crippen LogP contribution in [0.15, 0.2) is 54.6 Å². The van der Waals surface area contributed by atoms with Gasteiger partial charge in [-0.25, -0.2) is 4.98 Å². The maximum absolute atomic E-state index is 11.0. The first kappa shape index (κ1) is 19.7. The number of thiazole rings is 1. The van der Waals surface area contributed by atoms with E-state index in [9.17, 15) is 10.1 Å². The summed E-state index contributed by atoms with van der Waals surface area (Å²) in [6.45, 7) is 3.28. The van der Waals surface area contributed by atoms with Crippen molar-refractivity contribution in [3.63, 3.8) is 0 Å². The van der Waals surface area contributed by atoms with Gasteiger partial charge in [0.15, 0.2) is 10.9 Å². The van der Waals surface area contributed by atoms with Gasteiger partial charge in [-0.3, -0.25) is 10.1 Å². The van der Waals surface area contributed by atoms with Crippen molar-refractivity contribution < 1.29 is 4.92 Å². The van der Waals surface area contributed by atoms with Gasteiger partial charge in [-0.1, -0.05) is 35.1 Å². The van der Waals surface area contributed by atoms with E-state index in [0.717, 1.165) is 52.4 Å². The van der Waals surface area contributed by atoms with Crippen molar-refractivity contribution in [1.29, 1.82) is 0 Å². The molecule has 0 spiro atoms. The zero-order valence-electron chi connectivity index (χ0n) is 16.3. The minimum atomic E-state index is -0.412. The van der Waals surface area contributed by atoms with Crippen molar-refractivity contribution in [3.05, 3.63) is 69.7 Å². The molecule has 0 saturated carbocycles. The van der Waals surface area contributed by atoms with Crippen LogP contribution in [0.25, 0.3) is 21.5 Å². The van der Waals surface area contributed by atoms with Crippen LogP contribution in [0.2, 0.25) is 5.02 Å². The molecule has 2 aromatic heterocycles. The van der Waals surface area contributed by atoms with Gasteiger partial charge in [0.25, 0.3) is 5.69 Å². The molecule has 5 rings (SSSR count). The Labute approximate surface area is 186 Å². The first-order valence-corrected chi connectivity index (χ1v) is 10.9. The van der Waals surface area contributed by atoms with E-state index in [1.54, 1.807) is 23.5 Å². The number of aromatic nitrogens is 3. The number of hydrogen-bond acceptors (Lipinski definition) is 8. The predicted molar refractivity (Wildman–Crippen MR) is 123 cm³/mol. The minimum Gasteiger partial charge on any atom is -0.352 e. The first-order valence-electron chi connectivity index (χ1n) is 9.71. The molecule has 156 valence electrons. The van der Waals surface area contributed by atoms with Crippen LogP contribution in [0.4, 0.5) is 16.6 Å². The van der Waals surface area contributed by atoms with Crippen LogP contribution < -0.4 is 9.80 Å². The van der Waals surface area contributed by atoms with E-state index >= 15 is 0 Å². The second-order valence-electron chi connectivity index (χ2n) is 7.17. The third-order valence-electron chi connectivity index (χ3n) is 5.22. The van der Waals surface area contributed by atoms with Crippen molar-refractivity contribution in [2.45, 2.75) is 0 Å². The fourth-order valence-corrected chi connectivity index (χ4v) is 4.87. The Bertz CT molecular complexity index is 1250. The molecule has 4 aromatic rings. The van der Waals surface area contributed by atoms with Gasteiger partial charge >= 0.3 is 0 Å². The number of nitrogens with zero attached hydrogens (tertiary/aromatic N) is 6. The molecule has 0 bridgehead atoms. The number of nitro groups is 1. The SMILES string of the molecule is O=[N+]([O-])c1cccc(-c2ccc(N3CCN(c4nc5ccc(Cl)cc5s4)CC3)nn2)c1. The highest BCUT2D eigenvalue weighted by Gasteiger charge is 2.21. The number of benzene rings is 2. The minimum absolute atomic E-state index is 0.0385. The summed E-state index contributed by atoms with van der Waals surface area (Å²) in [4.78, 5) is 19.8. The maximum atomic E-state index is 11.0. The number of rotatable bonds is 4. The highest BCUT2D eigenvalue weighted by molar-refractivity contribution is 7.22. The second kappa shape index (κ2) is 8.09. The van der Waals surface area contributed by atoms with Crippen LogP contribution in [0, 0.1) is 10.1 Å². The lowest BCUT2D eigenvalue weighted by Crippen LogP contribution is -2.46. The van der Waals surface area contributed by atoms with Crippen LogP contribution in [-0.4, -0.2) is 46.3 Å². The summed E-state index contributed by atoms with van der Waals surface area (Å²) in [6.07, 6.45) is 0. The molecule has 31 heavy (non-hydrogen) atoms. The summed E-state index contributed by atoms with van der Waals surface area (Å²) in [5.41, 5.74) is 2.29. The van der Waals surface area contributed by atoms with E-state index in [1.165, 1.54) is 12.1 Å². The van der Waals surface area contributed by atoms with Crippen LogP contribution >= 0.6 is 22.9 Å². The largest absolute Gasteiger partial charge is 0.352 e. The Morgan fingerprint density at radius 2 is 1.77 bits per heavy atom. The fraction of sp³-hybridized carbons (Fsp3) is 0.190. The zero-order valence-corrected chi connectivity index (χ0v) is 17.9. The molecular weight excluding hydrogens is 436 g/mol. The van der Waals surface area contributed by atoms with Gasteiger partial charge in [0.2, 0.25) is 0 Å². The molecule has 0 aliphatic carbocycles. The average molecular weight is 453 g/mol. The molecule has 0 amide bonds. The lowest BCUT2D eigenvalue weighted by molar-refractivity contribution is -0.384. The molecule has 10 heteroatoms. The molecule has 1 fully saturated rings. The van der Waals surface area contributed by atoms with Crippen molar-refractivity contribution >= 4 is 49.8 Å². The van der Waals surface area contributed by atoms with Crippen molar-refractivity contribution in [2.75, 3.05) is 36.0 Å². The number of fused-ring (bicyclic) bond motifs is 1. The fourth-order valence-electron chi connectivity index (χ4n) is 3.58. The summed E-state index contributed by atoms with van der Waals surface area (Å²) in [7, 11) is 0. The van der Waals surface area contributed by atoms with Gasteiger partial charge in [0, 0.05) is 48.9 Å². The van der Waals surface area contributed by atoms with Crippen LogP contribution in [-0.2, 0) is 0 Å². The Hall–Kier alpha value is -3.30. The van der Waals surface area contributed by atoms with Gasteiger partial charge in [-0.15, -0.1) is 10.2 Å². The van der Waals surface area contributed by atoms with Crippen molar-refractivity contribution in [2.24, 2.45) is 0 Å². The second-order valence-corrected chi connectivity index (χ2v) is 8.61. The highest BCUT2D eigenvalue weighted by atomic mass is 35.5. The molecular formula is C21H17ClN6O2S. The molecule has 2 aromatic carbocycles. The third-order valence-corrected chi connectivity index (χ3v) is 6.53. The number of piperazine rings is 1. The Balaban J connectivity index is 1.27. The van der Waals surface area contributed by atoms with Gasteiger partial charge in [0.1, 0.15) is 0 Å². The lowest BCUT2D eigenvalue weighted by atomic mass is 10.1. The molecule has 0 atom stereocenters. The molecule has 1 saturated heterocycles. The van der Waals surface area contributed by atoms with Gasteiger partial charge in [0.05, 0.1) is 20.8 Å². The lowest BCUT2D eigenvalue weighted by Gasteiger charge is -2.35. The van der Waals surface area contributed by atoms with Gasteiger partial charge in [-0.2, -0.15) is 0 Å². The standard InChI is InChI=1S/C21H17ClN6O2S/c22-15-4-5-18-19(13-15)31-21(23-18)27-10-8-26(9-11-27)20-7-6-17(24-25-20)14-2-1-3-16(12-14)28(29)30/h1-7,12-13H,8-11H2. The van der Waals surface area contributed by atoms with Gasteiger partial charge < -0.3 is 9.80 Å². The topological polar surface area (TPSA) is 88.3 Å². The quantitative estimate of drug-likeness (QED) is 0.329. The van der Waals surface area contributed by atoms with E-state index in [4.69, 9.17) is 16.6 Å². The number of nitro benzene ring substituents is 1. The summed E-state index contributed by atoms with van der Waals surface area (Å²) in [6, 6.07) is 15.9. The van der Waals surface area contributed by atoms with E-state index in [0.29, 0.717) is 11.3 Å². The first-order chi connectivity index (χ1) is 15.1. The van der Waals surface area contributed by atoms with Crippen molar-refractivity contribution in [1.82, 2.24) is 15.2 Å². The van der Waals surface area contributed by atoms with Crippen LogP contribution in [0.1, 0.15) is 0 Å².